The van der Waals surface area contributed by atoms with E-state index in [1.807, 2.05) is 12.1 Å². The lowest BCUT2D eigenvalue weighted by Crippen LogP contribution is -2.42. The summed E-state index contributed by atoms with van der Waals surface area (Å²) in [5.41, 5.74) is 0. The molecule has 3 rings (SSSR count). The van der Waals surface area contributed by atoms with Crippen LogP contribution in [-0.2, 0) is 10.0 Å². The van der Waals surface area contributed by atoms with Crippen molar-refractivity contribution >= 4 is 34.0 Å². The molecule has 0 aliphatic carbocycles. The lowest BCUT2D eigenvalue weighted by Gasteiger charge is -2.23. The third-order valence-electron chi connectivity index (χ3n) is 3.86. The van der Waals surface area contributed by atoms with Crippen molar-refractivity contribution in [3.05, 3.63) is 53.6 Å². The zero-order valence-electron chi connectivity index (χ0n) is 13.4. The minimum atomic E-state index is -3.52. The predicted octanol–water partition coefficient (Wildman–Crippen LogP) is 3.58. The van der Waals surface area contributed by atoms with Gasteiger partial charge in [-0.15, -0.1) is 12.4 Å². The Balaban J connectivity index is 0.00000225. The fourth-order valence-corrected chi connectivity index (χ4v) is 4.05. The molecule has 25 heavy (non-hydrogen) atoms. The Morgan fingerprint density at radius 1 is 1.04 bits per heavy atom. The number of piperidine rings is 1. The highest BCUT2D eigenvalue weighted by Gasteiger charge is 2.21. The predicted molar refractivity (Wildman–Crippen MR) is 101 cm³/mol. The van der Waals surface area contributed by atoms with Crippen LogP contribution in [0, 0.1) is 0 Å². The van der Waals surface area contributed by atoms with Crippen molar-refractivity contribution in [2.45, 2.75) is 23.8 Å². The monoisotopic (exact) mass is 402 g/mol. The zero-order chi connectivity index (χ0) is 17.0. The topological polar surface area (TPSA) is 67.4 Å². The quantitative estimate of drug-likeness (QED) is 0.801. The number of hydrogen-bond donors (Lipinski definition) is 2. The fourth-order valence-electron chi connectivity index (χ4n) is 2.57. The van der Waals surface area contributed by atoms with E-state index >= 15 is 0 Å². The molecular weight excluding hydrogens is 383 g/mol. The normalized spacial score (nSPS) is 15.4. The van der Waals surface area contributed by atoms with Crippen LogP contribution in [-0.4, -0.2) is 27.5 Å². The van der Waals surface area contributed by atoms with Gasteiger partial charge in [0.05, 0.1) is 9.92 Å². The highest BCUT2D eigenvalue weighted by Crippen LogP contribution is 2.29. The second-order valence-electron chi connectivity index (χ2n) is 5.65. The minimum Gasteiger partial charge on any atom is -0.456 e. The Kier molecular flexibility index (Phi) is 7.10. The molecule has 1 aliphatic heterocycles. The lowest BCUT2D eigenvalue weighted by molar-refractivity contribution is 0.427. The van der Waals surface area contributed by atoms with Crippen molar-refractivity contribution in [2.75, 3.05) is 13.1 Å². The largest absolute Gasteiger partial charge is 0.456 e. The van der Waals surface area contributed by atoms with Crippen molar-refractivity contribution in [1.82, 2.24) is 10.0 Å². The summed E-state index contributed by atoms with van der Waals surface area (Å²) < 4.78 is 33.3. The van der Waals surface area contributed by atoms with Gasteiger partial charge in [0.15, 0.2) is 0 Å². The van der Waals surface area contributed by atoms with Gasteiger partial charge < -0.3 is 10.1 Å². The number of para-hydroxylation sites is 1. The van der Waals surface area contributed by atoms with Crippen LogP contribution >= 0.6 is 24.0 Å². The molecule has 0 atom stereocenters. The van der Waals surface area contributed by atoms with E-state index in [0.29, 0.717) is 16.5 Å². The molecule has 0 bridgehead atoms. The van der Waals surface area contributed by atoms with Gasteiger partial charge in [-0.25, -0.2) is 13.1 Å². The van der Waals surface area contributed by atoms with E-state index in [0.717, 1.165) is 25.9 Å². The lowest BCUT2D eigenvalue weighted by atomic mass is 10.1. The van der Waals surface area contributed by atoms with Gasteiger partial charge in [-0.1, -0.05) is 23.7 Å². The average Bonchev–Trinajstić information content (AvgIpc) is 2.58. The van der Waals surface area contributed by atoms with Gasteiger partial charge >= 0.3 is 0 Å². The van der Waals surface area contributed by atoms with Crippen molar-refractivity contribution < 1.29 is 13.2 Å². The maximum atomic E-state index is 12.4. The Hall–Kier alpha value is -1.31. The summed E-state index contributed by atoms with van der Waals surface area (Å²) in [7, 11) is -3.52. The molecule has 2 N–H and O–H groups in total. The molecule has 2 aromatic carbocycles. The van der Waals surface area contributed by atoms with Crippen LogP contribution in [0.1, 0.15) is 12.8 Å². The Morgan fingerprint density at radius 2 is 1.68 bits per heavy atom. The molecule has 1 fully saturated rings. The van der Waals surface area contributed by atoms with Crippen LogP contribution in [0.4, 0.5) is 0 Å². The standard InChI is InChI=1S/C17H19ClN2O3S.ClH/c18-16-3-1-2-4-17(16)23-14-5-7-15(8-6-14)24(21,22)20-13-9-11-19-12-10-13;/h1-8,13,19-20H,9-12H2;1H. The first-order chi connectivity index (χ1) is 11.5. The summed E-state index contributed by atoms with van der Waals surface area (Å²) in [5, 5.41) is 3.71. The van der Waals surface area contributed by atoms with Crippen molar-refractivity contribution in [1.29, 1.82) is 0 Å². The summed E-state index contributed by atoms with van der Waals surface area (Å²) in [6.45, 7) is 1.66. The van der Waals surface area contributed by atoms with Gasteiger partial charge in [0.2, 0.25) is 10.0 Å². The van der Waals surface area contributed by atoms with E-state index in [1.54, 1.807) is 24.3 Å². The molecule has 0 saturated carbocycles. The van der Waals surface area contributed by atoms with Gasteiger partial charge in [-0.3, -0.25) is 0 Å². The van der Waals surface area contributed by atoms with Crippen LogP contribution in [0.5, 0.6) is 11.5 Å². The number of hydrogen-bond acceptors (Lipinski definition) is 4. The molecule has 2 aromatic rings. The second kappa shape index (κ2) is 8.87. The van der Waals surface area contributed by atoms with Gasteiger partial charge in [0.25, 0.3) is 0 Å². The number of ether oxygens (including phenoxy) is 1. The molecule has 0 radical (unpaired) electrons. The highest BCUT2D eigenvalue weighted by atomic mass is 35.5. The molecule has 1 aliphatic rings. The SMILES string of the molecule is Cl.O=S(=O)(NC1CCNCC1)c1ccc(Oc2ccccc2Cl)cc1. The summed E-state index contributed by atoms with van der Waals surface area (Å²) >= 11 is 6.05. The van der Waals surface area contributed by atoms with Gasteiger partial charge in [-0.05, 0) is 62.3 Å². The molecule has 0 unspecified atom stereocenters. The summed E-state index contributed by atoms with van der Waals surface area (Å²) in [6.07, 6.45) is 1.60. The molecular formula is C17H20Cl2N2O3S. The first-order valence-corrected chi connectivity index (χ1v) is 9.66. The Bertz CT molecular complexity index is 792. The molecule has 5 nitrogen and oxygen atoms in total. The number of rotatable bonds is 5. The molecule has 136 valence electrons. The second-order valence-corrected chi connectivity index (χ2v) is 7.77. The maximum Gasteiger partial charge on any atom is 0.240 e. The van der Waals surface area contributed by atoms with E-state index < -0.39 is 10.0 Å². The van der Waals surface area contributed by atoms with Crippen molar-refractivity contribution in [2.24, 2.45) is 0 Å². The van der Waals surface area contributed by atoms with Crippen LogP contribution in [0.25, 0.3) is 0 Å². The number of nitrogens with one attached hydrogen (secondary N) is 2. The van der Waals surface area contributed by atoms with Crippen LogP contribution in [0.15, 0.2) is 53.4 Å². The molecule has 1 heterocycles. The molecule has 0 aromatic heterocycles. The number of halogens is 2. The third kappa shape index (κ3) is 5.33. The van der Waals surface area contributed by atoms with E-state index in [9.17, 15) is 8.42 Å². The molecule has 1 saturated heterocycles. The van der Waals surface area contributed by atoms with Gasteiger partial charge in [0.1, 0.15) is 11.5 Å². The van der Waals surface area contributed by atoms with E-state index in [-0.39, 0.29) is 23.3 Å². The van der Waals surface area contributed by atoms with Gasteiger partial charge in [0, 0.05) is 6.04 Å². The van der Waals surface area contributed by atoms with Crippen LogP contribution < -0.4 is 14.8 Å². The van der Waals surface area contributed by atoms with Crippen molar-refractivity contribution in [3.8, 4) is 11.5 Å². The average molecular weight is 403 g/mol. The van der Waals surface area contributed by atoms with E-state index in [4.69, 9.17) is 16.3 Å². The fraction of sp³-hybridized carbons (Fsp3) is 0.294. The third-order valence-corrected chi connectivity index (χ3v) is 5.71. The summed E-state index contributed by atoms with van der Waals surface area (Å²) in [5.74, 6) is 1.06. The minimum absolute atomic E-state index is 0. The van der Waals surface area contributed by atoms with Crippen molar-refractivity contribution in [3.63, 3.8) is 0 Å². The van der Waals surface area contributed by atoms with Crippen LogP contribution in [0.2, 0.25) is 5.02 Å². The van der Waals surface area contributed by atoms with E-state index in [1.165, 1.54) is 12.1 Å². The highest BCUT2D eigenvalue weighted by molar-refractivity contribution is 7.89. The number of sulfonamides is 1. The van der Waals surface area contributed by atoms with Gasteiger partial charge in [-0.2, -0.15) is 0 Å². The number of benzene rings is 2. The first-order valence-electron chi connectivity index (χ1n) is 7.80. The van der Waals surface area contributed by atoms with Crippen LogP contribution in [0.3, 0.4) is 0 Å². The molecule has 0 spiro atoms. The zero-order valence-corrected chi connectivity index (χ0v) is 15.8. The Morgan fingerprint density at radius 3 is 2.32 bits per heavy atom. The smallest absolute Gasteiger partial charge is 0.240 e. The van der Waals surface area contributed by atoms with E-state index in [2.05, 4.69) is 10.0 Å². The Labute approximate surface area is 159 Å². The summed E-state index contributed by atoms with van der Waals surface area (Å²) in [4.78, 5) is 0.229. The first kappa shape index (κ1) is 20.0. The maximum absolute atomic E-state index is 12.4. The summed E-state index contributed by atoms with van der Waals surface area (Å²) in [6, 6.07) is 13.4. The molecule has 8 heteroatoms. The molecule has 0 amide bonds.